The quantitative estimate of drug-likeness (QED) is 0.743. The maximum absolute atomic E-state index is 11.1. The van der Waals surface area contributed by atoms with Gasteiger partial charge in [-0.2, -0.15) is 10.1 Å². The smallest absolute Gasteiger partial charge is 0.410 e. The van der Waals surface area contributed by atoms with Crippen LogP contribution in [0.15, 0.2) is 42.7 Å². The van der Waals surface area contributed by atoms with Crippen LogP contribution in [0.5, 0.6) is 17.4 Å². The van der Waals surface area contributed by atoms with Gasteiger partial charge in [-0.3, -0.25) is 0 Å². The number of nitrogens with two attached hydrogens (primary N) is 1. The van der Waals surface area contributed by atoms with Gasteiger partial charge in [0, 0.05) is 18.0 Å². The third-order valence-corrected chi connectivity index (χ3v) is 3.11. The fourth-order valence-corrected chi connectivity index (χ4v) is 2.06. The standard InChI is InChI=1S/C15H13N5O4/c1-23-10-5-3-9(4-6-10)11-12(24-14(16)22)13(21)19-15(18-11)20-8-2-7-17-20/h2-8H,1H3,(H2,16,22)(H,18,19,21). The van der Waals surface area contributed by atoms with Crippen LogP contribution in [0.1, 0.15) is 0 Å². The Balaban J connectivity index is 2.16. The Morgan fingerprint density at radius 2 is 2.00 bits per heavy atom. The summed E-state index contributed by atoms with van der Waals surface area (Å²) in [6, 6.07) is 8.48. The van der Waals surface area contributed by atoms with Crippen LogP contribution < -0.4 is 15.2 Å². The predicted molar refractivity (Wildman–Crippen MR) is 83.0 cm³/mol. The van der Waals surface area contributed by atoms with Crippen LogP contribution >= 0.6 is 0 Å². The van der Waals surface area contributed by atoms with Gasteiger partial charge in [-0.05, 0) is 30.3 Å². The first-order valence-electron chi connectivity index (χ1n) is 6.81. The van der Waals surface area contributed by atoms with Crippen LogP contribution in [-0.2, 0) is 0 Å². The normalized spacial score (nSPS) is 10.4. The van der Waals surface area contributed by atoms with E-state index in [0.29, 0.717) is 11.3 Å². The molecule has 0 radical (unpaired) electrons. The molecule has 2 heterocycles. The molecule has 24 heavy (non-hydrogen) atoms. The second-order valence-electron chi connectivity index (χ2n) is 4.63. The van der Waals surface area contributed by atoms with Crippen molar-refractivity contribution >= 4 is 6.09 Å². The maximum Gasteiger partial charge on any atom is 0.410 e. The molecule has 0 fully saturated rings. The van der Waals surface area contributed by atoms with Crippen LogP contribution in [0.2, 0.25) is 0 Å². The number of hydrogen-bond donors (Lipinski definition) is 2. The van der Waals surface area contributed by atoms with Crippen molar-refractivity contribution in [3.63, 3.8) is 0 Å². The molecule has 9 nitrogen and oxygen atoms in total. The van der Waals surface area contributed by atoms with E-state index in [1.807, 2.05) is 0 Å². The fraction of sp³-hybridized carbons (Fsp3) is 0.0667. The molecule has 0 unspecified atom stereocenters. The van der Waals surface area contributed by atoms with E-state index in [0.717, 1.165) is 0 Å². The van der Waals surface area contributed by atoms with Crippen LogP contribution in [-0.4, -0.2) is 38.1 Å². The minimum absolute atomic E-state index is 0.111. The van der Waals surface area contributed by atoms with Gasteiger partial charge in [0.2, 0.25) is 5.75 Å². The number of ether oxygens (including phenoxy) is 2. The average molecular weight is 327 g/mol. The second-order valence-corrected chi connectivity index (χ2v) is 4.63. The Bertz CT molecular complexity index is 862. The molecule has 0 aliphatic heterocycles. The minimum Gasteiger partial charge on any atom is -0.497 e. The first-order chi connectivity index (χ1) is 11.6. The molecule has 3 rings (SSSR count). The van der Waals surface area contributed by atoms with Crippen molar-refractivity contribution in [3.8, 4) is 34.6 Å². The van der Waals surface area contributed by atoms with Crippen LogP contribution in [0.3, 0.4) is 0 Å². The Morgan fingerprint density at radius 3 is 2.58 bits per heavy atom. The highest BCUT2D eigenvalue weighted by Crippen LogP contribution is 2.36. The number of aromatic nitrogens is 4. The van der Waals surface area contributed by atoms with E-state index >= 15 is 0 Å². The number of carbonyl (C=O) groups excluding carboxylic acids is 1. The number of aromatic hydroxyl groups is 1. The third-order valence-electron chi connectivity index (χ3n) is 3.11. The van der Waals surface area contributed by atoms with Gasteiger partial charge < -0.3 is 20.3 Å². The zero-order chi connectivity index (χ0) is 17.1. The van der Waals surface area contributed by atoms with E-state index in [1.54, 1.807) is 49.8 Å². The topological polar surface area (TPSA) is 125 Å². The molecule has 9 heteroatoms. The van der Waals surface area contributed by atoms with Crippen molar-refractivity contribution in [2.75, 3.05) is 7.11 Å². The van der Waals surface area contributed by atoms with Gasteiger partial charge >= 0.3 is 6.09 Å². The summed E-state index contributed by atoms with van der Waals surface area (Å²) >= 11 is 0. The molecule has 1 amide bonds. The monoisotopic (exact) mass is 327 g/mol. The average Bonchev–Trinajstić information content (AvgIpc) is 3.11. The lowest BCUT2D eigenvalue weighted by atomic mass is 10.1. The van der Waals surface area contributed by atoms with E-state index in [-0.39, 0.29) is 17.4 Å². The zero-order valence-corrected chi connectivity index (χ0v) is 12.6. The van der Waals surface area contributed by atoms with Crippen molar-refractivity contribution in [3.05, 3.63) is 42.7 Å². The molecule has 1 aromatic carbocycles. The summed E-state index contributed by atoms with van der Waals surface area (Å²) in [6.45, 7) is 0. The van der Waals surface area contributed by atoms with Crippen LogP contribution in [0, 0.1) is 0 Å². The summed E-state index contributed by atoms with van der Waals surface area (Å²) in [6.07, 6.45) is 2.07. The number of hydrogen-bond acceptors (Lipinski definition) is 7. The van der Waals surface area contributed by atoms with E-state index in [2.05, 4.69) is 15.1 Å². The molecule has 0 aliphatic carbocycles. The molecule has 0 saturated heterocycles. The van der Waals surface area contributed by atoms with Gasteiger partial charge in [0.15, 0.2) is 0 Å². The molecule has 0 aliphatic rings. The lowest BCUT2D eigenvalue weighted by molar-refractivity contribution is 0.208. The summed E-state index contributed by atoms with van der Waals surface area (Å²) in [5.74, 6) is -0.00877. The highest BCUT2D eigenvalue weighted by Gasteiger charge is 2.20. The lowest BCUT2D eigenvalue weighted by Gasteiger charge is -2.11. The molecule has 3 aromatic rings. The lowest BCUT2D eigenvalue weighted by Crippen LogP contribution is -2.18. The third kappa shape index (κ3) is 2.95. The number of nitrogens with zero attached hydrogens (tertiary/aromatic N) is 4. The van der Waals surface area contributed by atoms with Crippen molar-refractivity contribution in [1.29, 1.82) is 0 Å². The molecule has 0 atom stereocenters. The molecule has 122 valence electrons. The Hall–Kier alpha value is -3.62. The highest BCUT2D eigenvalue weighted by atomic mass is 16.6. The zero-order valence-electron chi connectivity index (χ0n) is 12.6. The van der Waals surface area contributed by atoms with Crippen LogP contribution in [0.4, 0.5) is 4.79 Å². The Kier molecular flexibility index (Phi) is 3.98. The molecule has 0 spiro atoms. The molecule has 2 aromatic heterocycles. The number of benzene rings is 1. The number of amides is 1. The molecule has 0 bridgehead atoms. The second kappa shape index (κ2) is 6.24. The summed E-state index contributed by atoms with van der Waals surface area (Å²) in [7, 11) is 1.54. The largest absolute Gasteiger partial charge is 0.497 e. The van der Waals surface area contributed by atoms with Gasteiger partial charge in [-0.1, -0.05) is 0 Å². The van der Waals surface area contributed by atoms with Crippen molar-refractivity contribution in [2.45, 2.75) is 0 Å². The number of carbonyl (C=O) groups is 1. The van der Waals surface area contributed by atoms with Crippen molar-refractivity contribution in [2.24, 2.45) is 5.73 Å². The van der Waals surface area contributed by atoms with E-state index in [4.69, 9.17) is 15.2 Å². The Labute approximate surface area is 136 Å². The number of primary amides is 1. The summed E-state index contributed by atoms with van der Waals surface area (Å²) in [4.78, 5) is 19.3. The highest BCUT2D eigenvalue weighted by molar-refractivity contribution is 5.76. The first kappa shape index (κ1) is 15.3. The van der Waals surface area contributed by atoms with E-state index in [9.17, 15) is 9.90 Å². The van der Waals surface area contributed by atoms with E-state index in [1.165, 1.54) is 4.68 Å². The summed E-state index contributed by atoms with van der Waals surface area (Å²) in [5, 5.41) is 14.1. The van der Waals surface area contributed by atoms with Gasteiger partial charge in [0.25, 0.3) is 11.8 Å². The minimum atomic E-state index is -1.09. The van der Waals surface area contributed by atoms with Crippen LogP contribution in [0.25, 0.3) is 17.2 Å². The summed E-state index contributed by atoms with van der Waals surface area (Å²) < 4.78 is 11.3. The fourth-order valence-electron chi connectivity index (χ4n) is 2.06. The molecule has 0 saturated carbocycles. The number of methoxy groups -OCH3 is 1. The molecular weight excluding hydrogens is 314 g/mol. The van der Waals surface area contributed by atoms with Crippen molar-refractivity contribution in [1.82, 2.24) is 19.7 Å². The maximum atomic E-state index is 11.1. The molecular formula is C15H13N5O4. The van der Waals surface area contributed by atoms with Gasteiger partial charge in [-0.15, -0.1) is 0 Å². The molecule has 3 N–H and O–H groups in total. The number of rotatable bonds is 4. The van der Waals surface area contributed by atoms with Gasteiger partial charge in [0.1, 0.15) is 11.4 Å². The van der Waals surface area contributed by atoms with Gasteiger partial charge in [0.05, 0.1) is 7.11 Å². The first-order valence-corrected chi connectivity index (χ1v) is 6.81. The van der Waals surface area contributed by atoms with E-state index < -0.39 is 12.0 Å². The van der Waals surface area contributed by atoms with Crippen molar-refractivity contribution < 1.29 is 19.4 Å². The predicted octanol–water partition coefficient (Wildman–Crippen LogP) is 1.50. The SMILES string of the molecule is COc1ccc(-c2nc(-n3cccn3)nc(O)c2OC(N)=O)cc1. The Morgan fingerprint density at radius 1 is 1.25 bits per heavy atom. The summed E-state index contributed by atoms with van der Waals surface area (Å²) in [5.41, 5.74) is 5.81. The van der Waals surface area contributed by atoms with Gasteiger partial charge in [-0.25, -0.2) is 14.5 Å².